The van der Waals surface area contributed by atoms with Crippen LogP contribution in [-0.4, -0.2) is 62.0 Å². The highest BCUT2D eigenvalue weighted by Crippen LogP contribution is 2.44. The second-order valence-corrected chi connectivity index (χ2v) is 12.4. The maximum atomic E-state index is 13.7. The van der Waals surface area contributed by atoms with Crippen LogP contribution in [0.1, 0.15) is 38.5 Å². The summed E-state index contributed by atoms with van der Waals surface area (Å²) in [5, 5.41) is 5.58. The zero-order valence-corrected chi connectivity index (χ0v) is 27.2. The molecular formula is C41H38N4O4. The van der Waals surface area contributed by atoms with Gasteiger partial charge in [-0.2, -0.15) is 0 Å². The third-order valence-corrected chi connectivity index (χ3v) is 9.29. The third kappa shape index (κ3) is 7.10. The Morgan fingerprint density at radius 1 is 0.673 bits per heavy atom. The van der Waals surface area contributed by atoms with E-state index in [2.05, 4.69) is 69.0 Å². The maximum absolute atomic E-state index is 13.7. The lowest BCUT2D eigenvalue weighted by molar-refractivity contribution is -0.115. The van der Waals surface area contributed by atoms with Gasteiger partial charge in [-0.1, -0.05) is 115 Å². The summed E-state index contributed by atoms with van der Waals surface area (Å²) in [7, 11) is 0. The minimum atomic E-state index is -0.680. The average molecular weight is 651 g/mol. The summed E-state index contributed by atoms with van der Waals surface area (Å²) >= 11 is 0. The molecule has 1 saturated heterocycles. The summed E-state index contributed by atoms with van der Waals surface area (Å²) in [6.45, 7) is 3.84. The van der Waals surface area contributed by atoms with Crippen molar-refractivity contribution >= 4 is 29.2 Å². The number of amides is 2. The molecule has 2 N–H and O–H groups in total. The number of carbonyl (C=O) groups excluding carboxylic acids is 3. The molecule has 0 unspecified atom stereocenters. The smallest absolute Gasteiger partial charge is 0.407 e. The Bertz CT molecular complexity index is 1910. The number of benzene rings is 5. The number of ketones is 1. The van der Waals surface area contributed by atoms with Crippen molar-refractivity contribution in [2.24, 2.45) is 0 Å². The highest BCUT2D eigenvalue weighted by atomic mass is 16.5. The van der Waals surface area contributed by atoms with Crippen LogP contribution in [0.15, 0.2) is 127 Å². The summed E-state index contributed by atoms with van der Waals surface area (Å²) < 4.78 is 5.63. The number of fused-ring (bicyclic) bond motifs is 3. The van der Waals surface area contributed by atoms with E-state index in [1.165, 1.54) is 5.56 Å². The van der Waals surface area contributed by atoms with E-state index < -0.39 is 12.0 Å². The molecule has 0 spiro atoms. The molecule has 0 radical (unpaired) electrons. The summed E-state index contributed by atoms with van der Waals surface area (Å²) in [5.41, 5.74) is 7.91. The van der Waals surface area contributed by atoms with Gasteiger partial charge in [0.15, 0.2) is 5.78 Å². The quantitative estimate of drug-likeness (QED) is 0.163. The lowest BCUT2D eigenvalue weighted by Crippen LogP contribution is -2.46. The number of hydrogen-bond donors (Lipinski definition) is 2. The lowest BCUT2D eigenvalue weighted by Gasteiger charge is -2.37. The van der Waals surface area contributed by atoms with Crippen LogP contribution in [0.3, 0.4) is 0 Å². The van der Waals surface area contributed by atoms with Crippen LogP contribution in [0, 0.1) is 0 Å². The fourth-order valence-corrected chi connectivity index (χ4v) is 6.84. The van der Waals surface area contributed by atoms with Crippen LogP contribution in [0.4, 0.5) is 16.2 Å². The van der Waals surface area contributed by atoms with Crippen molar-refractivity contribution in [3.05, 3.63) is 155 Å². The van der Waals surface area contributed by atoms with Gasteiger partial charge in [-0.25, -0.2) is 4.79 Å². The van der Waals surface area contributed by atoms with Crippen LogP contribution < -0.4 is 15.5 Å². The summed E-state index contributed by atoms with van der Waals surface area (Å²) in [5.74, 6) is -0.727. The van der Waals surface area contributed by atoms with Crippen LogP contribution in [0.25, 0.3) is 11.1 Å². The predicted molar refractivity (Wildman–Crippen MR) is 192 cm³/mol. The Balaban J connectivity index is 1.02. The molecule has 8 heteroatoms. The van der Waals surface area contributed by atoms with Crippen molar-refractivity contribution in [3.8, 4) is 11.1 Å². The Morgan fingerprint density at radius 3 is 1.96 bits per heavy atom. The molecule has 1 heterocycles. The number of anilines is 2. The van der Waals surface area contributed by atoms with Crippen molar-refractivity contribution in [1.82, 2.24) is 10.2 Å². The number of carbonyl (C=O) groups is 3. The molecule has 8 nitrogen and oxygen atoms in total. The first-order valence-electron chi connectivity index (χ1n) is 16.7. The standard InChI is InChI=1S/C41H38N4O4/c46-38(26-42-41(48)49-28-36-33-18-9-7-16-31(33)32-17-8-10-19-34(32)36)43-39-35(40(47)30-14-5-2-6-15-30)20-11-21-37(39)45-24-22-44(23-25-45)27-29-12-3-1-4-13-29/h1-21,36H,22-28H2,(H,42,48)(H,43,46). The van der Waals surface area contributed by atoms with Gasteiger partial charge in [0.05, 0.1) is 11.4 Å². The highest BCUT2D eigenvalue weighted by Gasteiger charge is 2.29. The van der Waals surface area contributed by atoms with Crippen molar-refractivity contribution in [3.63, 3.8) is 0 Å². The van der Waals surface area contributed by atoms with Crippen LogP contribution in [0.2, 0.25) is 0 Å². The molecule has 0 bridgehead atoms. The first-order chi connectivity index (χ1) is 24.0. The molecule has 5 aromatic carbocycles. The van der Waals surface area contributed by atoms with Gasteiger partial charge in [-0.3, -0.25) is 14.5 Å². The minimum absolute atomic E-state index is 0.0847. The topological polar surface area (TPSA) is 91.0 Å². The number of nitrogens with zero attached hydrogens (tertiary/aromatic N) is 2. The zero-order chi connectivity index (χ0) is 33.6. The van der Waals surface area contributed by atoms with Gasteiger partial charge in [0, 0.05) is 49.8 Å². The molecule has 1 aliphatic carbocycles. The molecule has 7 rings (SSSR count). The number of nitrogens with one attached hydrogen (secondary N) is 2. The second-order valence-electron chi connectivity index (χ2n) is 12.4. The van der Waals surface area contributed by atoms with Gasteiger partial charge < -0.3 is 20.3 Å². The molecule has 1 aliphatic heterocycles. The SMILES string of the molecule is O=C(CNC(=O)OCC1c2ccccc2-c2ccccc21)Nc1c(C(=O)c2ccccc2)cccc1N1CCN(Cc2ccccc2)CC1. The highest BCUT2D eigenvalue weighted by molar-refractivity contribution is 6.16. The first kappa shape index (κ1) is 31.8. The van der Waals surface area contributed by atoms with Crippen molar-refractivity contribution in [1.29, 1.82) is 0 Å². The van der Waals surface area contributed by atoms with E-state index >= 15 is 0 Å². The van der Waals surface area contributed by atoms with Gasteiger partial charge in [-0.15, -0.1) is 0 Å². The van der Waals surface area contributed by atoms with Crippen LogP contribution in [0.5, 0.6) is 0 Å². The molecule has 246 valence electrons. The fourth-order valence-electron chi connectivity index (χ4n) is 6.84. The van der Waals surface area contributed by atoms with Gasteiger partial charge >= 0.3 is 6.09 Å². The van der Waals surface area contributed by atoms with Crippen LogP contribution >= 0.6 is 0 Å². The van der Waals surface area contributed by atoms with Gasteiger partial charge in [0.25, 0.3) is 0 Å². The van der Waals surface area contributed by atoms with E-state index in [0.29, 0.717) is 16.8 Å². The molecular weight excluding hydrogens is 612 g/mol. The Morgan fingerprint density at radius 2 is 1.29 bits per heavy atom. The second kappa shape index (κ2) is 14.6. The van der Waals surface area contributed by atoms with E-state index in [1.807, 2.05) is 60.7 Å². The Hall–Kier alpha value is -5.73. The third-order valence-electron chi connectivity index (χ3n) is 9.29. The van der Waals surface area contributed by atoms with Crippen molar-refractivity contribution in [2.45, 2.75) is 12.5 Å². The van der Waals surface area contributed by atoms with Crippen molar-refractivity contribution in [2.75, 3.05) is 49.5 Å². The van der Waals surface area contributed by atoms with Crippen LogP contribution in [-0.2, 0) is 16.1 Å². The van der Waals surface area contributed by atoms with Gasteiger partial charge in [0.1, 0.15) is 13.2 Å². The van der Waals surface area contributed by atoms with Gasteiger partial charge in [0.2, 0.25) is 5.91 Å². The molecule has 2 amide bonds. The largest absolute Gasteiger partial charge is 0.449 e. The molecule has 0 saturated carbocycles. The monoisotopic (exact) mass is 650 g/mol. The number of piperazine rings is 1. The fraction of sp³-hybridized carbons (Fsp3) is 0.195. The van der Waals surface area contributed by atoms with Crippen molar-refractivity contribution < 1.29 is 19.1 Å². The minimum Gasteiger partial charge on any atom is -0.449 e. The Kier molecular flexibility index (Phi) is 9.48. The lowest BCUT2D eigenvalue weighted by atomic mass is 9.98. The molecule has 2 aliphatic rings. The summed E-state index contributed by atoms with van der Waals surface area (Å²) in [4.78, 5) is 44.6. The number of rotatable bonds is 10. The van der Waals surface area contributed by atoms with E-state index in [4.69, 9.17) is 4.74 Å². The summed E-state index contributed by atoms with van der Waals surface area (Å²) in [6.07, 6.45) is -0.680. The van der Waals surface area contributed by atoms with E-state index in [0.717, 1.165) is 60.7 Å². The molecule has 1 fully saturated rings. The molecule has 49 heavy (non-hydrogen) atoms. The van der Waals surface area contributed by atoms with E-state index in [-0.39, 0.29) is 24.9 Å². The van der Waals surface area contributed by atoms with E-state index in [9.17, 15) is 14.4 Å². The molecule has 0 atom stereocenters. The zero-order valence-electron chi connectivity index (χ0n) is 27.2. The molecule has 5 aromatic rings. The number of ether oxygens (including phenoxy) is 1. The first-order valence-corrected chi connectivity index (χ1v) is 16.7. The van der Waals surface area contributed by atoms with E-state index in [1.54, 1.807) is 18.2 Å². The molecule has 0 aromatic heterocycles. The number of para-hydroxylation sites is 1. The number of alkyl carbamates (subject to hydrolysis) is 1. The predicted octanol–water partition coefficient (Wildman–Crippen LogP) is 6.72. The van der Waals surface area contributed by atoms with Gasteiger partial charge in [-0.05, 0) is 39.9 Å². The Labute approximate surface area is 286 Å². The summed E-state index contributed by atoms with van der Waals surface area (Å²) in [6, 6.07) is 41.2. The number of hydrogen-bond acceptors (Lipinski definition) is 6. The normalized spacial score (nSPS) is 14.1. The maximum Gasteiger partial charge on any atom is 0.407 e. The average Bonchev–Trinajstić information content (AvgIpc) is 3.47.